The highest BCUT2D eigenvalue weighted by atomic mass is 19.1. The van der Waals surface area contributed by atoms with Gasteiger partial charge in [-0.25, -0.2) is 14.4 Å². The van der Waals surface area contributed by atoms with E-state index in [1.165, 1.54) is 0 Å². The zero-order valence-electron chi connectivity index (χ0n) is 17.3. The lowest BCUT2D eigenvalue weighted by Gasteiger charge is -2.18. The molecule has 0 aliphatic carbocycles. The van der Waals surface area contributed by atoms with Crippen LogP contribution in [-0.2, 0) is 19.8 Å². The van der Waals surface area contributed by atoms with Crippen molar-refractivity contribution in [2.75, 3.05) is 13.1 Å². The number of fused-ring (bicyclic) bond motifs is 3. The van der Waals surface area contributed by atoms with Crippen LogP contribution in [0.5, 0.6) is 0 Å². The molecular weight excluding hydrogens is 385 g/mol. The third-order valence-corrected chi connectivity index (χ3v) is 5.22. The molecule has 1 aliphatic heterocycles. The molecule has 3 aromatic rings. The van der Waals surface area contributed by atoms with Gasteiger partial charge in [-0.1, -0.05) is 19.9 Å². The van der Waals surface area contributed by atoms with E-state index in [1.54, 1.807) is 30.7 Å². The summed E-state index contributed by atoms with van der Waals surface area (Å²) in [5.74, 6) is 0.988. The Balaban J connectivity index is 1.65. The SMILES string of the molecule is CCCN(CCC)Cc1cnc(-c2ncn3c2CNC(=O)c2cc(CF)ccc2-3)o1. The van der Waals surface area contributed by atoms with Crippen LogP contribution in [0, 0.1) is 0 Å². The second kappa shape index (κ2) is 8.79. The van der Waals surface area contributed by atoms with Crippen LogP contribution >= 0.6 is 0 Å². The van der Waals surface area contributed by atoms with Crippen molar-refractivity contribution in [2.45, 2.75) is 46.5 Å². The Kier molecular flexibility index (Phi) is 5.94. The van der Waals surface area contributed by atoms with Crippen LogP contribution in [0.4, 0.5) is 4.39 Å². The fourth-order valence-corrected chi connectivity index (χ4v) is 3.86. The van der Waals surface area contributed by atoms with Crippen LogP contribution in [0.3, 0.4) is 0 Å². The van der Waals surface area contributed by atoms with E-state index in [-0.39, 0.29) is 12.5 Å². The van der Waals surface area contributed by atoms with Gasteiger partial charge in [-0.05, 0) is 43.6 Å². The number of oxazole rings is 1. The molecule has 0 saturated heterocycles. The van der Waals surface area contributed by atoms with E-state index in [0.29, 0.717) is 34.9 Å². The molecule has 7 nitrogen and oxygen atoms in total. The first-order valence-corrected chi connectivity index (χ1v) is 10.4. The number of aromatic nitrogens is 3. The Morgan fingerprint density at radius 1 is 1.23 bits per heavy atom. The number of hydrogen-bond donors (Lipinski definition) is 1. The summed E-state index contributed by atoms with van der Waals surface area (Å²) in [7, 11) is 0. The van der Waals surface area contributed by atoms with Gasteiger partial charge < -0.3 is 9.73 Å². The molecule has 1 N–H and O–H groups in total. The Hall–Kier alpha value is -3.00. The van der Waals surface area contributed by atoms with Gasteiger partial charge in [0, 0.05) is 0 Å². The molecule has 0 spiro atoms. The second-order valence-corrected chi connectivity index (χ2v) is 7.49. The molecule has 2 aromatic heterocycles. The molecule has 4 rings (SSSR count). The van der Waals surface area contributed by atoms with Crippen LogP contribution in [0.2, 0.25) is 0 Å². The van der Waals surface area contributed by atoms with Gasteiger partial charge in [0.25, 0.3) is 5.91 Å². The summed E-state index contributed by atoms with van der Waals surface area (Å²) in [6.07, 6.45) is 5.57. The maximum atomic E-state index is 13.1. The fraction of sp³-hybridized carbons (Fsp3) is 0.409. The number of imidazole rings is 1. The fourth-order valence-electron chi connectivity index (χ4n) is 3.86. The van der Waals surface area contributed by atoms with Crippen molar-refractivity contribution in [1.82, 2.24) is 24.8 Å². The molecule has 0 unspecified atom stereocenters. The number of nitrogens with one attached hydrogen (secondary N) is 1. The van der Waals surface area contributed by atoms with Gasteiger partial charge in [0.15, 0.2) is 0 Å². The smallest absolute Gasteiger partial charge is 0.253 e. The van der Waals surface area contributed by atoms with Crippen molar-refractivity contribution < 1.29 is 13.6 Å². The predicted molar refractivity (Wildman–Crippen MR) is 111 cm³/mol. The zero-order valence-corrected chi connectivity index (χ0v) is 17.3. The summed E-state index contributed by atoms with van der Waals surface area (Å²) >= 11 is 0. The molecule has 0 radical (unpaired) electrons. The Bertz CT molecular complexity index is 1040. The monoisotopic (exact) mass is 411 g/mol. The molecule has 3 heterocycles. The van der Waals surface area contributed by atoms with Crippen LogP contribution in [-0.4, -0.2) is 38.4 Å². The zero-order chi connectivity index (χ0) is 21.1. The van der Waals surface area contributed by atoms with Gasteiger partial charge in [-0.15, -0.1) is 0 Å². The number of amides is 1. The third-order valence-electron chi connectivity index (χ3n) is 5.22. The van der Waals surface area contributed by atoms with Crippen LogP contribution < -0.4 is 5.32 Å². The summed E-state index contributed by atoms with van der Waals surface area (Å²) in [5.41, 5.74) is 2.94. The molecule has 1 amide bonds. The van der Waals surface area contributed by atoms with Gasteiger partial charge in [0.1, 0.15) is 24.5 Å². The number of benzene rings is 1. The van der Waals surface area contributed by atoms with Gasteiger partial charge in [-0.2, -0.15) is 0 Å². The first-order chi connectivity index (χ1) is 14.6. The molecule has 1 aliphatic rings. The quantitative estimate of drug-likeness (QED) is 0.609. The summed E-state index contributed by atoms with van der Waals surface area (Å²) < 4.78 is 20.9. The van der Waals surface area contributed by atoms with Crippen LogP contribution in [0.1, 0.15) is 54.1 Å². The maximum Gasteiger partial charge on any atom is 0.253 e. The largest absolute Gasteiger partial charge is 0.438 e. The number of hydrogen-bond acceptors (Lipinski definition) is 5. The van der Waals surface area contributed by atoms with Crippen LogP contribution in [0.25, 0.3) is 17.3 Å². The summed E-state index contributed by atoms with van der Waals surface area (Å²) in [6.45, 7) is 6.71. The number of alkyl halides is 1. The van der Waals surface area contributed by atoms with Crippen LogP contribution in [0.15, 0.2) is 35.1 Å². The highest BCUT2D eigenvalue weighted by Crippen LogP contribution is 2.29. The molecule has 1 aromatic carbocycles. The summed E-state index contributed by atoms with van der Waals surface area (Å²) in [6, 6.07) is 5.01. The molecule has 0 fully saturated rings. The summed E-state index contributed by atoms with van der Waals surface area (Å²) in [4.78, 5) is 23.8. The van der Waals surface area contributed by atoms with Gasteiger partial charge in [0.05, 0.1) is 36.2 Å². The van der Waals surface area contributed by atoms with Gasteiger partial charge in [0.2, 0.25) is 5.89 Å². The lowest BCUT2D eigenvalue weighted by Crippen LogP contribution is -2.24. The van der Waals surface area contributed by atoms with E-state index >= 15 is 0 Å². The molecule has 30 heavy (non-hydrogen) atoms. The molecule has 0 saturated carbocycles. The molecule has 158 valence electrons. The Morgan fingerprint density at radius 3 is 2.77 bits per heavy atom. The van der Waals surface area contributed by atoms with E-state index in [4.69, 9.17) is 4.42 Å². The van der Waals surface area contributed by atoms with Crippen molar-refractivity contribution in [1.29, 1.82) is 0 Å². The molecule has 0 atom stereocenters. The van der Waals surface area contributed by atoms with Crippen molar-refractivity contribution in [2.24, 2.45) is 0 Å². The molecule has 8 heteroatoms. The number of halogens is 1. The standard InChI is InChI=1S/C22H26FN5O2/c1-3-7-27(8-4-2)13-16-11-25-22(30-16)20-19-12-24-21(29)17-9-15(10-23)5-6-18(17)28(19)14-26-20/h5-6,9,11,14H,3-4,7-8,10,12-13H2,1-2H3,(H,24,29). The minimum atomic E-state index is -0.616. The van der Waals surface area contributed by atoms with E-state index in [2.05, 4.69) is 34.0 Å². The maximum absolute atomic E-state index is 13.1. The highest BCUT2D eigenvalue weighted by Gasteiger charge is 2.25. The first kappa shape index (κ1) is 20.3. The van der Waals surface area contributed by atoms with E-state index in [9.17, 15) is 9.18 Å². The van der Waals surface area contributed by atoms with E-state index < -0.39 is 6.67 Å². The minimum absolute atomic E-state index is 0.238. The Labute approximate surface area is 174 Å². The van der Waals surface area contributed by atoms with Crippen molar-refractivity contribution in [3.63, 3.8) is 0 Å². The number of nitrogens with zero attached hydrogens (tertiary/aromatic N) is 4. The normalized spacial score (nSPS) is 13.1. The minimum Gasteiger partial charge on any atom is -0.438 e. The lowest BCUT2D eigenvalue weighted by atomic mass is 10.1. The average molecular weight is 411 g/mol. The number of carbonyl (C=O) groups excluding carboxylic acids is 1. The average Bonchev–Trinajstić information content (AvgIpc) is 3.35. The van der Waals surface area contributed by atoms with Crippen molar-refractivity contribution in [3.05, 3.63) is 53.3 Å². The molecular formula is C22H26FN5O2. The second-order valence-electron chi connectivity index (χ2n) is 7.49. The summed E-state index contributed by atoms with van der Waals surface area (Å²) in [5, 5.41) is 2.88. The van der Waals surface area contributed by atoms with Crippen molar-refractivity contribution in [3.8, 4) is 17.3 Å². The highest BCUT2D eigenvalue weighted by molar-refractivity contribution is 5.98. The van der Waals surface area contributed by atoms with E-state index in [1.807, 2.05) is 4.57 Å². The van der Waals surface area contributed by atoms with E-state index in [0.717, 1.165) is 37.4 Å². The van der Waals surface area contributed by atoms with Gasteiger partial charge >= 0.3 is 0 Å². The topological polar surface area (TPSA) is 76.2 Å². The predicted octanol–water partition coefficient (Wildman–Crippen LogP) is 3.86. The van der Waals surface area contributed by atoms with Crippen molar-refractivity contribution >= 4 is 5.91 Å². The molecule has 0 bridgehead atoms. The first-order valence-electron chi connectivity index (χ1n) is 10.4. The number of rotatable bonds is 8. The third kappa shape index (κ3) is 3.87. The van der Waals surface area contributed by atoms with Gasteiger partial charge in [-0.3, -0.25) is 14.3 Å². The Morgan fingerprint density at radius 2 is 2.03 bits per heavy atom. The lowest BCUT2D eigenvalue weighted by molar-refractivity contribution is 0.0952. The number of carbonyl (C=O) groups is 1.